The molecule has 4 heteroatoms. The molecule has 88 valence electrons. The zero-order valence-electron chi connectivity index (χ0n) is 9.42. The summed E-state index contributed by atoms with van der Waals surface area (Å²) in [5, 5.41) is 0. The van der Waals surface area contributed by atoms with E-state index in [-0.39, 0.29) is 0 Å². The number of hydrogen-bond acceptors (Lipinski definition) is 3. The number of anilines is 1. The summed E-state index contributed by atoms with van der Waals surface area (Å²) in [5.41, 5.74) is 6.84. The van der Waals surface area contributed by atoms with Crippen LogP contribution in [0.1, 0.15) is 5.56 Å². The third-order valence-corrected chi connectivity index (χ3v) is 4.47. The van der Waals surface area contributed by atoms with Crippen LogP contribution in [0.15, 0.2) is 58.3 Å². The van der Waals surface area contributed by atoms with Gasteiger partial charge in [-0.25, -0.2) is 8.42 Å². The number of benzene rings is 2. The fraction of sp³-hybridized carbons (Fsp3) is 0.0769. The van der Waals surface area contributed by atoms with E-state index in [1.807, 2.05) is 0 Å². The molecule has 0 atom stereocenters. The van der Waals surface area contributed by atoms with Crippen molar-refractivity contribution in [2.24, 2.45) is 0 Å². The first-order valence-corrected chi connectivity index (χ1v) is 6.66. The highest BCUT2D eigenvalue weighted by Gasteiger charge is 2.19. The molecule has 2 aromatic rings. The Hall–Kier alpha value is -1.81. The summed E-state index contributed by atoms with van der Waals surface area (Å²) in [6.45, 7) is 1.74. The minimum atomic E-state index is -3.44. The first-order chi connectivity index (χ1) is 8.01. The number of nitrogens with two attached hydrogens (primary N) is 1. The lowest BCUT2D eigenvalue weighted by molar-refractivity contribution is 0.595. The van der Waals surface area contributed by atoms with E-state index in [4.69, 9.17) is 5.73 Å². The lowest BCUT2D eigenvalue weighted by atomic mass is 10.2. The molecule has 0 aliphatic carbocycles. The van der Waals surface area contributed by atoms with Crippen LogP contribution in [0.2, 0.25) is 0 Å². The molecule has 0 heterocycles. The van der Waals surface area contributed by atoms with Crippen molar-refractivity contribution in [3.05, 3.63) is 54.1 Å². The van der Waals surface area contributed by atoms with Gasteiger partial charge in [0.1, 0.15) is 0 Å². The molecule has 2 rings (SSSR count). The Bertz CT molecular complexity index is 634. The largest absolute Gasteiger partial charge is 0.399 e. The van der Waals surface area contributed by atoms with Crippen LogP contribution in [-0.4, -0.2) is 8.42 Å². The Morgan fingerprint density at radius 1 is 1.00 bits per heavy atom. The summed E-state index contributed by atoms with van der Waals surface area (Å²) in [7, 11) is -3.44. The average molecular weight is 247 g/mol. The molecule has 0 saturated carbocycles. The summed E-state index contributed by atoms with van der Waals surface area (Å²) in [5.74, 6) is 0. The van der Waals surface area contributed by atoms with E-state index < -0.39 is 9.84 Å². The average Bonchev–Trinajstić information content (AvgIpc) is 2.29. The SMILES string of the molecule is Cc1cc(N)ccc1S(=O)(=O)c1ccccc1. The quantitative estimate of drug-likeness (QED) is 0.829. The Morgan fingerprint density at radius 2 is 1.65 bits per heavy atom. The van der Waals surface area contributed by atoms with E-state index >= 15 is 0 Å². The topological polar surface area (TPSA) is 60.2 Å². The normalized spacial score (nSPS) is 11.4. The molecule has 0 radical (unpaired) electrons. The molecule has 0 saturated heterocycles. The van der Waals surface area contributed by atoms with Crippen molar-refractivity contribution in [3.63, 3.8) is 0 Å². The Morgan fingerprint density at radius 3 is 2.24 bits per heavy atom. The predicted molar refractivity (Wildman–Crippen MR) is 67.5 cm³/mol. The van der Waals surface area contributed by atoms with Crippen LogP contribution in [0.25, 0.3) is 0 Å². The van der Waals surface area contributed by atoms with Crippen molar-refractivity contribution in [2.75, 3.05) is 5.73 Å². The van der Waals surface area contributed by atoms with Gasteiger partial charge in [0.05, 0.1) is 9.79 Å². The fourth-order valence-electron chi connectivity index (χ4n) is 1.70. The number of rotatable bonds is 2. The molecule has 0 spiro atoms. The van der Waals surface area contributed by atoms with E-state index in [0.717, 1.165) is 0 Å². The summed E-state index contributed by atoms with van der Waals surface area (Å²) >= 11 is 0. The molecular weight excluding hydrogens is 234 g/mol. The molecule has 2 aromatic carbocycles. The van der Waals surface area contributed by atoms with E-state index in [1.54, 1.807) is 55.5 Å². The van der Waals surface area contributed by atoms with Crippen LogP contribution < -0.4 is 5.73 Å². The van der Waals surface area contributed by atoms with E-state index in [9.17, 15) is 8.42 Å². The first-order valence-electron chi connectivity index (χ1n) is 5.18. The van der Waals surface area contributed by atoms with Crippen molar-refractivity contribution in [3.8, 4) is 0 Å². The first kappa shape index (κ1) is 11.7. The number of sulfone groups is 1. The zero-order chi connectivity index (χ0) is 12.5. The zero-order valence-corrected chi connectivity index (χ0v) is 10.2. The van der Waals surface area contributed by atoms with Crippen molar-refractivity contribution in [1.29, 1.82) is 0 Å². The van der Waals surface area contributed by atoms with Crippen molar-refractivity contribution in [1.82, 2.24) is 0 Å². The highest BCUT2D eigenvalue weighted by atomic mass is 32.2. The fourth-order valence-corrected chi connectivity index (χ4v) is 3.20. The minimum absolute atomic E-state index is 0.299. The molecule has 2 N–H and O–H groups in total. The molecule has 0 aliphatic rings. The summed E-state index contributed by atoms with van der Waals surface area (Å²) < 4.78 is 24.7. The second-order valence-electron chi connectivity index (χ2n) is 3.84. The second-order valence-corrected chi connectivity index (χ2v) is 5.76. The van der Waals surface area contributed by atoms with Crippen LogP contribution >= 0.6 is 0 Å². The van der Waals surface area contributed by atoms with Gasteiger partial charge in [0.15, 0.2) is 0 Å². The van der Waals surface area contributed by atoms with Gasteiger partial charge in [-0.15, -0.1) is 0 Å². The molecule has 0 aliphatic heterocycles. The molecule has 0 amide bonds. The van der Waals surface area contributed by atoms with E-state index in [2.05, 4.69) is 0 Å². The molecule has 0 unspecified atom stereocenters. The summed E-state index contributed by atoms with van der Waals surface area (Å²) in [6, 6.07) is 13.2. The predicted octanol–water partition coefficient (Wildman–Crippen LogP) is 2.41. The third-order valence-electron chi connectivity index (χ3n) is 2.54. The van der Waals surface area contributed by atoms with Gasteiger partial charge in [0.25, 0.3) is 0 Å². The number of hydrogen-bond donors (Lipinski definition) is 1. The van der Waals surface area contributed by atoms with Gasteiger partial charge >= 0.3 is 0 Å². The van der Waals surface area contributed by atoms with E-state index in [1.165, 1.54) is 0 Å². The smallest absolute Gasteiger partial charge is 0.206 e. The standard InChI is InChI=1S/C13H13NO2S/c1-10-9-11(14)7-8-13(10)17(15,16)12-5-3-2-4-6-12/h2-9H,14H2,1H3. The molecule has 0 aromatic heterocycles. The van der Waals surface area contributed by atoms with Crippen LogP contribution in [0.3, 0.4) is 0 Å². The summed E-state index contributed by atoms with van der Waals surface area (Å²) in [4.78, 5) is 0.603. The third kappa shape index (κ3) is 2.17. The van der Waals surface area contributed by atoms with Crippen molar-refractivity contribution >= 4 is 15.5 Å². The van der Waals surface area contributed by atoms with Gasteiger partial charge in [0.2, 0.25) is 9.84 Å². The molecule has 0 bridgehead atoms. The lowest BCUT2D eigenvalue weighted by Crippen LogP contribution is -2.04. The molecule has 3 nitrogen and oxygen atoms in total. The highest BCUT2D eigenvalue weighted by Crippen LogP contribution is 2.24. The Kier molecular flexibility index (Phi) is 2.90. The van der Waals surface area contributed by atoms with Crippen LogP contribution in [-0.2, 0) is 9.84 Å². The van der Waals surface area contributed by atoms with Gasteiger partial charge in [-0.2, -0.15) is 0 Å². The monoisotopic (exact) mass is 247 g/mol. The maximum Gasteiger partial charge on any atom is 0.206 e. The van der Waals surface area contributed by atoms with Crippen LogP contribution in [0, 0.1) is 6.92 Å². The van der Waals surface area contributed by atoms with Gasteiger partial charge in [0, 0.05) is 5.69 Å². The Balaban J connectivity index is 2.61. The Labute approximate surface area is 101 Å². The minimum Gasteiger partial charge on any atom is -0.399 e. The molecule has 17 heavy (non-hydrogen) atoms. The number of nitrogen functional groups attached to an aromatic ring is 1. The van der Waals surface area contributed by atoms with Gasteiger partial charge < -0.3 is 5.73 Å². The lowest BCUT2D eigenvalue weighted by Gasteiger charge is -2.08. The number of aryl methyl sites for hydroxylation is 1. The van der Waals surface area contributed by atoms with Gasteiger partial charge in [-0.1, -0.05) is 18.2 Å². The molecule has 0 fully saturated rings. The molecular formula is C13H13NO2S. The maximum absolute atomic E-state index is 12.3. The van der Waals surface area contributed by atoms with Crippen LogP contribution in [0.4, 0.5) is 5.69 Å². The van der Waals surface area contributed by atoms with Crippen molar-refractivity contribution < 1.29 is 8.42 Å². The highest BCUT2D eigenvalue weighted by molar-refractivity contribution is 7.91. The summed E-state index contributed by atoms with van der Waals surface area (Å²) in [6.07, 6.45) is 0. The van der Waals surface area contributed by atoms with E-state index in [0.29, 0.717) is 21.0 Å². The van der Waals surface area contributed by atoms with Crippen LogP contribution in [0.5, 0.6) is 0 Å². The van der Waals surface area contributed by atoms with Crippen molar-refractivity contribution in [2.45, 2.75) is 16.7 Å². The van der Waals surface area contributed by atoms with Gasteiger partial charge in [-0.3, -0.25) is 0 Å². The maximum atomic E-state index is 12.3. The second kappa shape index (κ2) is 4.22. The van der Waals surface area contributed by atoms with Gasteiger partial charge in [-0.05, 0) is 42.8 Å².